The van der Waals surface area contributed by atoms with E-state index in [0.29, 0.717) is 0 Å². The van der Waals surface area contributed by atoms with E-state index in [0.717, 1.165) is 10.8 Å². The van der Waals surface area contributed by atoms with E-state index in [2.05, 4.69) is 0 Å². The van der Waals surface area contributed by atoms with E-state index in [9.17, 15) is 19.1 Å². The Kier molecular flexibility index (Phi) is 6.14. The zero-order valence-corrected chi connectivity index (χ0v) is 11.8. The van der Waals surface area contributed by atoms with Crippen molar-refractivity contribution < 1.29 is 38.6 Å². The number of H-pyrrole nitrogens is 1. The lowest BCUT2D eigenvalue weighted by Gasteiger charge is -2.13. The molecule has 1 aromatic rings. The Morgan fingerprint density at radius 3 is 2.41 bits per heavy atom. The van der Waals surface area contributed by atoms with Gasteiger partial charge in [0.15, 0.2) is 0 Å². The number of hydrogen-bond donors (Lipinski definition) is 6. The van der Waals surface area contributed by atoms with E-state index >= 15 is 0 Å². The first-order valence-corrected chi connectivity index (χ1v) is 7.33. The van der Waals surface area contributed by atoms with Crippen LogP contribution in [0.4, 0.5) is 4.39 Å². The van der Waals surface area contributed by atoms with Crippen molar-refractivity contribution in [2.45, 2.75) is 24.9 Å². The number of aromatic nitrogens is 2. The van der Waals surface area contributed by atoms with Crippen LogP contribution in [0.1, 0.15) is 12.6 Å². The second-order valence-corrected chi connectivity index (χ2v) is 5.30. The third kappa shape index (κ3) is 5.42. The van der Waals surface area contributed by atoms with Gasteiger partial charge in [-0.2, -0.15) is 4.39 Å². The first-order chi connectivity index (χ1) is 10.0. The van der Waals surface area contributed by atoms with Crippen LogP contribution in [0, 0.1) is 5.82 Å². The van der Waals surface area contributed by atoms with Crippen molar-refractivity contribution in [1.82, 2.24) is 9.55 Å². The van der Waals surface area contributed by atoms with Gasteiger partial charge < -0.3 is 29.6 Å². The summed E-state index contributed by atoms with van der Waals surface area (Å²) in [5, 5.41) is 18.3. The Hall–Kier alpha value is -1.40. The smallest absolute Gasteiger partial charge is 0.394 e. The predicted molar refractivity (Wildman–Crippen MR) is 67.2 cm³/mol. The lowest BCUT2D eigenvalue weighted by atomic mass is 10.2. The number of aliphatic hydroxyl groups is 2. The summed E-state index contributed by atoms with van der Waals surface area (Å²) < 4.78 is 27.9. The number of ether oxygens (including phenoxy) is 1. The highest BCUT2D eigenvalue weighted by Gasteiger charge is 2.35. The molecule has 126 valence electrons. The normalized spacial score (nSPS) is 24.7. The van der Waals surface area contributed by atoms with Crippen molar-refractivity contribution in [3.8, 4) is 0 Å². The molecule has 1 fully saturated rings. The molecule has 0 aromatic carbocycles. The van der Waals surface area contributed by atoms with Gasteiger partial charge in [-0.15, -0.1) is 0 Å². The number of rotatable bonds is 2. The Balaban J connectivity index is 0.000000422. The zero-order valence-electron chi connectivity index (χ0n) is 10.9. The molecule has 1 saturated heterocycles. The highest BCUT2D eigenvalue weighted by molar-refractivity contribution is 7.45. The molecule has 2 rings (SSSR count). The second-order valence-electron chi connectivity index (χ2n) is 4.27. The van der Waals surface area contributed by atoms with Crippen molar-refractivity contribution >= 4 is 7.82 Å². The van der Waals surface area contributed by atoms with Crippen LogP contribution in [0.3, 0.4) is 0 Å². The molecule has 1 aliphatic heterocycles. The fourth-order valence-electron chi connectivity index (χ4n) is 1.72. The number of aliphatic hydroxyl groups excluding tert-OH is 2. The molecule has 3 atom stereocenters. The van der Waals surface area contributed by atoms with Crippen LogP contribution in [0.2, 0.25) is 0 Å². The lowest BCUT2D eigenvalue weighted by Crippen LogP contribution is -2.34. The second kappa shape index (κ2) is 7.24. The maximum Gasteiger partial charge on any atom is 0.466 e. The Bertz CT molecular complexity index is 660. The van der Waals surface area contributed by atoms with Gasteiger partial charge in [0.05, 0.1) is 18.9 Å². The highest BCUT2D eigenvalue weighted by atomic mass is 31.2. The van der Waals surface area contributed by atoms with Crippen molar-refractivity contribution in [3.63, 3.8) is 0 Å². The maximum absolute atomic E-state index is 13.0. The van der Waals surface area contributed by atoms with E-state index in [1.807, 2.05) is 0 Å². The molecule has 0 radical (unpaired) electrons. The van der Waals surface area contributed by atoms with Crippen molar-refractivity contribution in [2.24, 2.45) is 0 Å². The van der Waals surface area contributed by atoms with Crippen molar-refractivity contribution in [1.29, 1.82) is 0 Å². The minimum Gasteiger partial charge on any atom is -0.394 e. The van der Waals surface area contributed by atoms with Crippen LogP contribution >= 0.6 is 7.82 Å². The van der Waals surface area contributed by atoms with Crippen LogP contribution in [-0.4, -0.2) is 53.3 Å². The monoisotopic (exact) mass is 344 g/mol. The Labute approximate surface area is 121 Å². The molecular weight excluding hydrogens is 330 g/mol. The average molecular weight is 344 g/mol. The summed E-state index contributed by atoms with van der Waals surface area (Å²) in [5.74, 6) is -1.12. The molecule has 11 nitrogen and oxygen atoms in total. The van der Waals surface area contributed by atoms with Gasteiger partial charge in [-0.25, -0.2) is 9.36 Å². The summed E-state index contributed by atoms with van der Waals surface area (Å²) in [7, 11) is -4.64. The topological polar surface area (TPSA) is 182 Å². The number of halogens is 1. The van der Waals surface area contributed by atoms with Crippen LogP contribution < -0.4 is 11.2 Å². The minimum atomic E-state index is -4.64. The van der Waals surface area contributed by atoms with E-state index < -0.39 is 49.9 Å². The molecule has 1 aliphatic rings. The average Bonchev–Trinajstić information content (AvgIpc) is 2.73. The van der Waals surface area contributed by atoms with Gasteiger partial charge in [-0.1, -0.05) is 0 Å². The van der Waals surface area contributed by atoms with Gasteiger partial charge in [0.2, 0.25) is 5.82 Å². The van der Waals surface area contributed by atoms with Crippen molar-refractivity contribution in [2.75, 3.05) is 6.61 Å². The minimum absolute atomic E-state index is 0.0383. The van der Waals surface area contributed by atoms with Gasteiger partial charge in [-0.05, 0) is 0 Å². The molecule has 0 bridgehead atoms. The van der Waals surface area contributed by atoms with Crippen molar-refractivity contribution in [3.05, 3.63) is 32.9 Å². The molecular formula is C9H14FN2O9P. The van der Waals surface area contributed by atoms with Crippen LogP contribution in [0.15, 0.2) is 15.8 Å². The van der Waals surface area contributed by atoms with Gasteiger partial charge in [0, 0.05) is 6.42 Å². The standard InChI is InChI=1S/C9H11FN2O5.H3O4P/c10-4-2-12(9(16)11-8(4)15)7-1-5(14)6(3-13)17-7;1-5(2,3)4/h2,5-7,13-14H,1,3H2,(H,11,15,16);(H3,1,2,3,4)/t5-,6+,7+;/m0./s1. The largest absolute Gasteiger partial charge is 0.466 e. The summed E-state index contributed by atoms with van der Waals surface area (Å²) >= 11 is 0. The van der Waals surface area contributed by atoms with Gasteiger partial charge in [-0.3, -0.25) is 14.3 Å². The molecule has 0 unspecified atom stereocenters. The number of hydrogen-bond acceptors (Lipinski definition) is 6. The number of aromatic amines is 1. The Morgan fingerprint density at radius 2 is 1.95 bits per heavy atom. The number of phosphoric acid groups is 1. The molecule has 0 saturated carbocycles. The van der Waals surface area contributed by atoms with Gasteiger partial charge >= 0.3 is 13.5 Å². The fraction of sp³-hybridized carbons (Fsp3) is 0.556. The fourth-order valence-corrected chi connectivity index (χ4v) is 1.72. The van der Waals surface area contributed by atoms with Gasteiger partial charge in [0.1, 0.15) is 12.3 Å². The summed E-state index contributed by atoms with van der Waals surface area (Å²) in [4.78, 5) is 45.6. The third-order valence-electron chi connectivity index (χ3n) is 2.62. The zero-order chi connectivity index (χ0) is 17.1. The number of nitrogens with one attached hydrogen (secondary N) is 1. The molecule has 22 heavy (non-hydrogen) atoms. The number of nitrogens with zero attached hydrogens (tertiary/aromatic N) is 1. The van der Waals surface area contributed by atoms with Crippen LogP contribution in [0.5, 0.6) is 0 Å². The molecule has 0 amide bonds. The van der Waals surface area contributed by atoms with Crippen LogP contribution in [-0.2, 0) is 9.30 Å². The first-order valence-electron chi connectivity index (χ1n) is 5.76. The van der Waals surface area contributed by atoms with Gasteiger partial charge in [0.25, 0.3) is 5.56 Å². The molecule has 1 aromatic heterocycles. The quantitative estimate of drug-likeness (QED) is 0.313. The summed E-state index contributed by atoms with van der Waals surface area (Å²) in [6, 6.07) is 0. The maximum atomic E-state index is 13.0. The lowest BCUT2D eigenvalue weighted by molar-refractivity contribution is -0.0462. The first kappa shape index (κ1) is 18.6. The molecule has 6 N–H and O–H groups in total. The summed E-state index contributed by atoms with van der Waals surface area (Å²) in [6.07, 6.45) is -1.90. The summed E-state index contributed by atoms with van der Waals surface area (Å²) in [6.45, 7) is -0.405. The Morgan fingerprint density at radius 1 is 1.41 bits per heavy atom. The molecule has 0 aliphatic carbocycles. The third-order valence-corrected chi connectivity index (χ3v) is 2.62. The van der Waals surface area contributed by atoms with Crippen LogP contribution in [0.25, 0.3) is 0 Å². The van der Waals surface area contributed by atoms with E-state index in [1.54, 1.807) is 4.98 Å². The predicted octanol–water partition coefficient (Wildman–Crippen LogP) is -2.61. The van der Waals surface area contributed by atoms with E-state index in [-0.39, 0.29) is 6.42 Å². The highest BCUT2D eigenvalue weighted by Crippen LogP contribution is 2.27. The summed E-state index contributed by atoms with van der Waals surface area (Å²) in [5.41, 5.74) is -1.93. The molecule has 0 spiro atoms. The van der Waals surface area contributed by atoms with E-state index in [4.69, 9.17) is 29.1 Å². The molecule has 13 heteroatoms. The van der Waals surface area contributed by atoms with E-state index in [1.165, 1.54) is 0 Å². The molecule has 2 heterocycles. The SMILES string of the molecule is O=P(O)(O)O.O=c1[nH]c(=O)n([C@H]2C[C@H](O)[C@@H](CO)O2)cc1F.